The molecule has 0 fully saturated rings. The third kappa shape index (κ3) is 4.11. The number of aromatic hydroxyl groups is 2. The molecule has 2 unspecified atom stereocenters. The van der Waals surface area contributed by atoms with Gasteiger partial charge in [-0.25, -0.2) is 0 Å². The molecule has 19 heavy (non-hydrogen) atoms. The fourth-order valence-electron chi connectivity index (χ4n) is 2.07. The zero-order valence-electron chi connectivity index (χ0n) is 12.3. The Morgan fingerprint density at radius 2 is 1.68 bits per heavy atom. The van der Waals surface area contributed by atoms with Crippen LogP contribution in [0.25, 0.3) is 0 Å². The molecular formula is C15H26N2O2. The van der Waals surface area contributed by atoms with Gasteiger partial charge in [-0.15, -0.1) is 0 Å². The first-order valence-corrected chi connectivity index (χ1v) is 6.81. The van der Waals surface area contributed by atoms with Crippen LogP contribution in [-0.4, -0.2) is 34.7 Å². The fraction of sp³-hybridized carbons (Fsp3) is 0.600. The average molecular weight is 266 g/mol. The highest BCUT2D eigenvalue weighted by Gasteiger charge is 2.19. The van der Waals surface area contributed by atoms with Crippen molar-refractivity contribution in [1.29, 1.82) is 0 Å². The Morgan fingerprint density at radius 3 is 2.16 bits per heavy atom. The lowest BCUT2D eigenvalue weighted by atomic mass is 10.0. The van der Waals surface area contributed by atoms with Crippen molar-refractivity contribution in [2.45, 2.75) is 39.3 Å². The van der Waals surface area contributed by atoms with Crippen molar-refractivity contribution >= 4 is 0 Å². The highest BCUT2D eigenvalue weighted by molar-refractivity contribution is 5.44. The van der Waals surface area contributed by atoms with Gasteiger partial charge in [0.25, 0.3) is 0 Å². The summed E-state index contributed by atoms with van der Waals surface area (Å²) in [6, 6.07) is 4.95. The van der Waals surface area contributed by atoms with Gasteiger partial charge < -0.3 is 15.9 Å². The zero-order valence-corrected chi connectivity index (χ0v) is 12.3. The monoisotopic (exact) mass is 266 g/mol. The standard InChI is InChI=1S/C15H26N2O2/c1-10(2)12(16)8-9-17(4)11(3)15-13(18)6-5-7-14(15)19/h5-7,10-12,18-19H,8-9,16H2,1-4H3. The molecule has 0 amide bonds. The van der Waals surface area contributed by atoms with E-state index in [0.29, 0.717) is 11.5 Å². The van der Waals surface area contributed by atoms with E-state index in [4.69, 9.17) is 5.73 Å². The lowest BCUT2D eigenvalue weighted by Gasteiger charge is -2.28. The average Bonchev–Trinajstić information content (AvgIpc) is 2.34. The molecular weight excluding hydrogens is 240 g/mol. The van der Waals surface area contributed by atoms with E-state index in [1.165, 1.54) is 0 Å². The van der Waals surface area contributed by atoms with Crippen LogP contribution in [0.15, 0.2) is 18.2 Å². The van der Waals surface area contributed by atoms with Crippen LogP contribution in [0.4, 0.5) is 0 Å². The Balaban J connectivity index is 2.69. The predicted molar refractivity (Wildman–Crippen MR) is 78.2 cm³/mol. The molecule has 0 heterocycles. The zero-order chi connectivity index (χ0) is 14.6. The Bertz CT molecular complexity index is 387. The van der Waals surface area contributed by atoms with Gasteiger partial charge in [0.2, 0.25) is 0 Å². The molecule has 0 bridgehead atoms. The maximum Gasteiger partial charge on any atom is 0.124 e. The summed E-state index contributed by atoms with van der Waals surface area (Å²) in [6.45, 7) is 7.02. The predicted octanol–water partition coefficient (Wildman–Crippen LogP) is 2.46. The van der Waals surface area contributed by atoms with E-state index in [2.05, 4.69) is 18.7 Å². The van der Waals surface area contributed by atoms with Crippen molar-refractivity contribution in [1.82, 2.24) is 4.90 Å². The highest BCUT2D eigenvalue weighted by Crippen LogP contribution is 2.34. The van der Waals surface area contributed by atoms with Gasteiger partial charge in [-0.1, -0.05) is 19.9 Å². The number of benzene rings is 1. The van der Waals surface area contributed by atoms with E-state index in [1.54, 1.807) is 18.2 Å². The number of nitrogens with two attached hydrogens (primary N) is 1. The summed E-state index contributed by atoms with van der Waals surface area (Å²) in [4.78, 5) is 2.09. The minimum absolute atomic E-state index is 0.0550. The smallest absolute Gasteiger partial charge is 0.124 e. The number of hydrogen-bond acceptors (Lipinski definition) is 4. The molecule has 0 saturated carbocycles. The summed E-state index contributed by atoms with van der Waals surface area (Å²) in [7, 11) is 1.98. The van der Waals surface area contributed by atoms with Crippen molar-refractivity contribution in [3.8, 4) is 11.5 Å². The van der Waals surface area contributed by atoms with Crippen LogP contribution in [0.3, 0.4) is 0 Å². The third-order valence-electron chi connectivity index (χ3n) is 3.81. The van der Waals surface area contributed by atoms with Crippen LogP contribution in [0, 0.1) is 5.92 Å². The molecule has 0 saturated heterocycles. The van der Waals surface area contributed by atoms with Crippen molar-refractivity contribution in [2.24, 2.45) is 11.7 Å². The molecule has 0 aromatic heterocycles. The molecule has 1 aromatic rings. The lowest BCUT2D eigenvalue weighted by molar-refractivity contribution is 0.235. The maximum absolute atomic E-state index is 9.86. The van der Waals surface area contributed by atoms with Gasteiger partial charge >= 0.3 is 0 Å². The number of phenols is 2. The molecule has 1 rings (SSSR count). The second-order valence-electron chi connectivity index (χ2n) is 5.56. The SMILES string of the molecule is CC(C)C(N)CCN(C)C(C)c1c(O)cccc1O. The maximum atomic E-state index is 9.86. The van der Waals surface area contributed by atoms with Gasteiger partial charge in [0.05, 0.1) is 5.56 Å². The summed E-state index contributed by atoms with van der Waals surface area (Å²) >= 11 is 0. The van der Waals surface area contributed by atoms with E-state index >= 15 is 0 Å². The van der Waals surface area contributed by atoms with Crippen LogP contribution < -0.4 is 5.73 Å². The van der Waals surface area contributed by atoms with Crippen molar-refractivity contribution in [2.75, 3.05) is 13.6 Å². The van der Waals surface area contributed by atoms with E-state index in [1.807, 2.05) is 14.0 Å². The van der Waals surface area contributed by atoms with Gasteiger partial charge in [-0.05, 0) is 45.0 Å². The molecule has 0 aliphatic heterocycles. The molecule has 4 N–H and O–H groups in total. The van der Waals surface area contributed by atoms with Crippen LogP contribution in [0.2, 0.25) is 0 Å². The molecule has 0 spiro atoms. The number of rotatable bonds is 6. The van der Waals surface area contributed by atoms with Gasteiger partial charge in [0.15, 0.2) is 0 Å². The van der Waals surface area contributed by atoms with Crippen LogP contribution in [-0.2, 0) is 0 Å². The van der Waals surface area contributed by atoms with E-state index < -0.39 is 0 Å². The minimum Gasteiger partial charge on any atom is -0.507 e. The van der Waals surface area contributed by atoms with Gasteiger partial charge in [-0.2, -0.15) is 0 Å². The summed E-state index contributed by atoms with van der Waals surface area (Å²) in [5, 5.41) is 19.7. The summed E-state index contributed by atoms with van der Waals surface area (Å²) in [5.41, 5.74) is 6.61. The first-order chi connectivity index (χ1) is 8.84. The number of phenolic OH excluding ortho intramolecular Hbond substituents is 2. The Morgan fingerprint density at radius 1 is 1.16 bits per heavy atom. The second-order valence-corrected chi connectivity index (χ2v) is 5.56. The Hall–Kier alpha value is -1.26. The molecule has 1 aromatic carbocycles. The molecule has 4 heteroatoms. The van der Waals surface area contributed by atoms with Crippen LogP contribution in [0.5, 0.6) is 11.5 Å². The topological polar surface area (TPSA) is 69.7 Å². The Labute approximate surface area is 115 Å². The molecule has 4 nitrogen and oxygen atoms in total. The van der Waals surface area contributed by atoms with E-state index in [0.717, 1.165) is 13.0 Å². The number of hydrogen-bond donors (Lipinski definition) is 3. The highest BCUT2D eigenvalue weighted by atomic mass is 16.3. The van der Waals surface area contributed by atoms with Crippen LogP contribution >= 0.6 is 0 Å². The molecule has 0 aliphatic rings. The van der Waals surface area contributed by atoms with Crippen LogP contribution in [0.1, 0.15) is 38.8 Å². The quantitative estimate of drug-likeness (QED) is 0.740. The van der Waals surface area contributed by atoms with Gasteiger partial charge in [-0.3, -0.25) is 4.90 Å². The number of nitrogens with zero attached hydrogens (tertiary/aromatic N) is 1. The van der Waals surface area contributed by atoms with Crippen molar-refractivity contribution in [3.63, 3.8) is 0 Å². The normalized spacial score (nSPS) is 14.9. The Kier molecular flexibility index (Phi) is 5.63. The van der Waals surface area contributed by atoms with E-state index in [9.17, 15) is 10.2 Å². The lowest BCUT2D eigenvalue weighted by Crippen LogP contribution is -2.33. The first kappa shape index (κ1) is 15.8. The third-order valence-corrected chi connectivity index (χ3v) is 3.81. The summed E-state index contributed by atoms with van der Waals surface area (Å²) < 4.78 is 0. The van der Waals surface area contributed by atoms with Gasteiger partial charge in [0.1, 0.15) is 11.5 Å². The molecule has 108 valence electrons. The van der Waals surface area contributed by atoms with Crippen molar-refractivity contribution in [3.05, 3.63) is 23.8 Å². The molecule has 2 atom stereocenters. The van der Waals surface area contributed by atoms with E-state index in [-0.39, 0.29) is 23.6 Å². The molecule has 0 aliphatic carbocycles. The largest absolute Gasteiger partial charge is 0.507 e. The molecule has 0 radical (unpaired) electrons. The van der Waals surface area contributed by atoms with Gasteiger partial charge in [0, 0.05) is 12.1 Å². The summed E-state index contributed by atoms with van der Waals surface area (Å²) in [5.74, 6) is 0.724. The first-order valence-electron chi connectivity index (χ1n) is 6.81. The van der Waals surface area contributed by atoms with Crippen molar-refractivity contribution < 1.29 is 10.2 Å². The fourth-order valence-corrected chi connectivity index (χ4v) is 2.07. The second kappa shape index (κ2) is 6.78. The summed E-state index contributed by atoms with van der Waals surface area (Å²) in [6.07, 6.45) is 0.896. The minimum atomic E-state index is -0.0550.